The first-order valence-electron chi connectivity index (χ1n) is 4.74. The van der Waals surface area contributed by atoms with Gasteiger partial charge in [-0.2, -0.15) is 11.3 Å². The minimum atomic E-state index is 0.0580. The Morgan fingerprint density at radius 1 is 1.57 bits per heavy atom. The Hall–Kier alpha value is -0.350. The summed E-state index contributed by atoms with van der Waals surface area (Å²) in [5, 5.41) is 6.86. The van der Waals surface area contributed by atoms with E-state index in [0.717, 1.165) is 18.4 Å². The number of nitrogens with one attached hydrogen (secondary N) is 1. The molecule has 0 aliphatic heterocycles. The maximum absolute atomic E-state index is 11.7. The van der Waals surface area contributed by atoms with Crippen LogP contribution in [0.15, 0.2) is 16.8 Å². The maximum Gasteiger partial charge on any atom is 0.252 e. The standard InChI is InChI=1S/C10H12BrNOS/c11-8-2-1-3-9(8)12-10(13)7-4-5-14-6-7/h4-6,8-9H,1-3H2,(H,12,13). The number of rotatable bonds is 2. The average Bonchev–Trinajstić information content (AvgIpc) is 2.77. The lowest BCUT2D eigenvalue weighted by molar-refractivity contribution is 0.0939. The first-order chi connectivity index (χ1) is 6.77. The van der Waals surface area contributed by atoms with Gasteiger partial charge in [-0.05, 0) is 24.3 Å². The van der Waals surface area contributed by atoms with E-state index < -0.39 is 0 Å². The predicted molar refractivity (Wildman–Crippen MR) is 62.1 cm³/mol. The van der Waals surface area contributed by atoms with Gasteiger partial charge in [0.2, 0.25) is 0 Å². The van der Waals surface area contributed by atoms with Crippen LogP contribution in [0.3, 0.4) is 0 Å². The number of hydrogen-bond acceptors (Lipinski definition) is 2. The van der Waals surface area contributed by atoms with E-state index in [9.17, 15) is 4.79 Å². The number of carbonyl (C=O) groups is 1. The van der Waals surface area contributed by atoms with Gasteiger partial charge in [-0.3, -0.25) is 4.79 Å². The van der Waals surface area contributed by atoms with Crippen molar-refractivity contribution in [1.29, 1.82) is 0 Å². The lowest BCUT2D eigenvalue weighted by Gasteiger charge is -2.15. The highest BCUT2D eigenvalue weighted by molar-refractivity contribution is 9.09. The van der Waals surface area contributed by atoms with Gasteiger partial charge in [0.05, 0.1) is 0 Å². The van der Waals surface area contributed by atoms with Crippen molar-refractivity contribution in [2.45, 2.75) is 30.1 Å². The first kappa shape index (κ1) is 10.2. The van der Waals surface area contributed by atoms with Gasteiger partial charge < -0.3 is 5.32 Å². The smallest absolute Gasteiger partial charge is 0.252 e. The molecule has 2 nitrogen and oxygen atoms in total. The number of amides is 1. The molecule has 1 aromatic rings. The molecule has 0 saturated heterocycles. The van der Waals surface area contributed by atoms with Crippen LogP contribution in [-0.2, 0) is 0 Å². The Morgan fingerprint density at radius 2 is 2.43 bits per heavy atom. The highest BCUT2D eigenvalue weighted by atomic mass is 79.9. The van der Waals surface area contributed by atoms with Crippen LogP contribution in [0, 0.1) is 0 Å². The Morgan fingerprint density at radius 3 is 3.00 bits per heavy atom. The van der Waals surface area contributed by atoms with Gasteiger partial charge in [0, 0.05) is 21.8 Å². The molecule has 0 aromatic carbocycles. The van der Waals surface area contributed by atoms with Crippen molar-refractivity contribution in [2.24, 2.45) is 0 Å². The van der Waals surface area contributed by atoms with Crippen molar-refractivity contribution < 1.29 is 4.79 Å². The third kappa shape index (κ3) is 2.17. The highest BCUT2D eigenvalue weighted by Gasteiger charge is 2.26. The van der Waals surface area contributed by atoms with Crippen molar-refractivity contribution in [1.82, 2.24) is 5.32 Å². The molecule has 14 heavy (non-hydrogen) atoms. The Balaban J connectivity index is 1.95. The van der Waals surface area contributed by atoms with Gasteiger partial charge in [0.1, 0.15) is 0 Å². The van der Waals surface area contributed by atoms with Crippen molar-refractivity contribution in [3.8, 4) is 0 Å². The van der Waals surface area contributed by atoms with Gasteiger partial charge in [-0.1, -0.05) is 22.4 Å². The zero-order valence-electron chi connectivity index (χ0n) is 7.70. The lowest BCUT2D eigenvalue weighted by Crippen LogP contribution is -2.37. The number of halogens is 1. The molecule has 2 atom stereocenters. The summed E-state index contributed by atoms with van der Waals surface area (Å²) in [5.41, 5.74) is 0.779. The molecule has 1 aromatic heterocycles. The highest BCUT2D eigenvalue weighted by Crippen LogP contribution is 2.25. The zero-order chi connectivity index (χ0) is 9.97. The second-order valence-corrected chi connectivity index (χ2v) is 5.50. The monoisotopic (exact) mass is 273 g/mol. The van der Waals surface area contributed by atoms with Crippen LogP contribution in [0.1, 0.15) is 29.6 Å². The molecule has 4 heteroatoms. The SMILES string of the molecule is O=C(NC1CCCC1Br)c1ccsc1. The Labute approximate surface area is 95.8 Å². The molecule has 1 N–H and O–H groups in total. The van der Waals surface area contributed by atoms with E-state index in [4.69, 9.17) is 0 Å². The van der Waals surface area contributed by atoms with Crippen LogP contribution in [-0.4, -0.2) is 16.8 Å². The Bertz CT molecular complexity index is 312. The molecule has 1 saturated carbocycles. The number of hydrogen-bond donors (Lipinski definition) is 1. The number of alkyl halides is 1. The summed E-state index contributed by atoms with van der Waals surface area (Å²) >= 11 is 5.14. The van der Waals surface area contributed by atoms with E-state index >= 15 is 0 Å². The molecule has 0 bridgehead atoms. The topological polar surface area (TPSA) is 29.1 Å². The van der Waals surface area contributed by atoms with Crippen LogP contribution in [0.2, 0.25) is 0 Å². The van der Waals surface area contributed by atoms with Crippen molar-refractivity contribution >= 4 is 33.2 Å². The third-order valence-corrected chi connectivity index (χ3v) is 4.31. The van der Waals surface area contributed by atoms with Gasteiger partial charge in [0.15, 0.2) is 0 Å². The number of thiophene rings is 1. The largest absolute Gasteiger partial charge is 0.348 e. The summed E-state index contributed by atoms with van der Waals surface area (Å²) in [6.45, 7) is 0. The van der Waals surface area contributed by atoms with Crippen molar-refractivity contribution in [3.63, 3.8) is 0 Å². The second kappa shape index (κ2) is 4.45. The van der Waals surface area contributed by atoms with E-state index in [-0.39, 0.29) is 5.91 Å². The number of carbonyl (C=O) groups excluding carboxylic acids is 1. The van der Waals surface area contributed by atoms with Crippen LogP contribution >= 0.6 is 27.3 Å². The van der Waals surface area contributed by atoms with Crippen molar-refractivity contribution in [2.75, 3.05) is 0 Å². The fourth-order valence-corrected chi connectivity index (χ4v) is 3.08. The molecule has 1 fully saturated rings. The van der Waals surface area contributed by atoms with E-state index in [2.05, 4.69) is 21.2 Å². The van der Waals surface area contributed by atoms with E-state index in [0.29, 0.717) is 10.9 Å². The fourth-order valence-electron chi connectivity index (χ4n) is 1.72. The first-order valence-corrected chi connectivity index (χ1v) is 6.60. The molecule has 0 radical (unpaired) electrons. The van der Waals surface area contributed by atoms with Gasteiger partial charge in [0.25, 0.3) is 5.91 Å². The molecule has 1 heterocycles. The minimum Gasteiger partial charge on any atom is -0.348 e. The molecule has 1 aliphatic rings. The second-order valence-electron chi connectivity index (χ2n) is 3.54. The quantitative estimate of drug-likeness (QED) is 0.825. The molecule has 76 valence electrons. The van der Waals surface area contributed by atoms with Crippen LogP contribution in [0.25, 0.3) is 0 Å². The van der Waals surface area contributed by atoms with Crippen LogP contribution in [0.5, 0.6) is 0 Å². The maximum atomic E-state index is 11.7. The summed E-state index contributed by atoms with van der Waals surface area (Å²) in [5.74, 6) is 0.0580. The molecule has 1 aliphatic carbocycles. The minimum absolute atomic E-state index is 0.0580. The summed E-state index contributed by atoms with van der Waals surface area (Å²) in [6.07, 6.45) is 3.45. The molecular formula is C10H12BrNOS. The summed E-state index contributed by atoms with van der Waals surface area (Å²) in [7, 11) is 0. The molecule has 0 spiro atoms. The molecule has 2 rings (SSSR count). The van der Waals surface area contributed by atoms with Gasteiger partial charge in [-0.25, -0.2) is 0 Å². The fraction of sp³-hybridized carbons (Fsp3) is 0.500. The van der Waals surface area contributed by atoms with Gasteiger partial charge >= 0.3 is 0 Å². The third-order valence-electron chi connectivity index (χ3n) is 2.53. The Kier molecular flexibility index (Phi) is 3.23. The summed E-state index contributed by atoms with van der Waals surface area (Å²) in [4.78, 5) is 12.1. The average molecular weight is 274 g/mol. The van der Waals surface area contributed by atoms with E-state index in [1.54, 1.807) is 11.3 Å². The van der Waals surface area contributed by atoms with Crippen LogP contribution in [0.4, 0.5) is 0 Å². The molecule has 1 amide bonds. The van der Waals surface area contributed by atoms with E-state index in [1.165, 1.54) is 6.42 Å². The van der Waals surface area contributed by atoms with Crippen LogP contribution < -0.4 is 5.32 Å². The molecule has 2 unspecified atom stereocenters. The van der Waals surface area contributed by atoms with Gasteiger partial charge in [-0.15, -0.1) is 0 Å². The zero-order valence-corrected chi connectivity index (χ0v) is 10.1. The predicted octanol–water partition coefficient (Wildman–Crippen LogP) is 2.79. The normalized spacial score (nSPS) is 26.4. The van der Waals surface area contributed by atoms with E-state index in [1.807, 2.05) is 16.8 Å². The molecular weight excluding hydrogens is 262 g/mol. The summed E-state index contributed by atoms with van der Waals surface area (Å²) < 4.78 is 0. The summed E-state index contributed by atoms with van der Waals surface area (Å²) in [6, 6.07) is 2.17. The van der Waals surface area contributed by atoms with Crippen molar-refractivity contribution in [3.05, 3.63) is 22.4 Å². The lowest BCUT2D eigenvalue weighted by atomic mass is 10.2.